The van der Waals surface area contributed by atoms with Gasteiger partial charge in [-0.25, -0.2) is 0 Å². The zero-order valence-corrected chi connectivity index (χ0v) is 12.0. The molecule has 0 radical (unpaired) electrons. The number of nitrogens with one attached hydrogen (secondary N) is 2. The molecule has 0 atom stereocenters. The predicted octanol–water partition coefficient (Wildman–Crippen LogP) is 2.10. The first kappa shape index (κ1) is 14.8. The molecule has 0 saturated heterocycles. The maximum atomic E-state index is 9.35. The summed E-state index contributed by atoms with van der Waals surface area (Å²) >= 11 is 5.09. The quantitative estimate of drug-likeness (QED) is 0.301. The Morgan fingerprint density at radius 1 is 1.10 bits per heavy atom. The van der Waals surface area contributed by atoms with Crippen LogP contribution in [-0.4, -0.2) is 21.5 Å². The van der Waals surface area contributed by atoms with Crippen molar-refractivity contribution in [3.8, 4) is 11.5 Å². The van der Waals surface area contributed by atoms with Crippen molar-refractivity contribution in [2.24, 2.45) is 5.10 Å². The van der Waals surface area contributed by atoms with Crippen LogP contribution in [0.4, 0.5) is 0 Å². The van der Waals surface area contributed by atoms with E-state index in [1.165, 1.54) is 18.3 Å². The Morgan fingerprint density at radius 3 is 2.57 bits per heavy atom. The van der Waals surface area contributed by atoms with Gasteiger partial charge in [0.05, 0.1) is 6.21 Å². The molecule has 0 aliphatic heterocycles. The fourth-order valence-corrected chi connectivity index (χ4v) is 1.73. The second-order valence-corrected chi connectivity index (χ2v) is 4.69. The third-order valence-electron chi connectivity index (χ3n) is 2.68. The molecule has 5 nitrogen and oxygen atoms in total. The van der Waals surface area contributed by atoms with Crippen LogP contribution in [0.25, 0.3) is 0 Å². The number of hydrogen-bond donors (Lipinski definition) is 4. The third kappa shape index (κ3) is 4.77. The van der Waals surface area contributed by atoms with Crippen LogP contribution in [0.1, 0.15) is 11.1 Å². The van der Waals surface area contributed by atoms with Crippen LogP contribution in [0.5, 0.6) is 11.5 Å². The Labute approximate surface area is 127 Å². The van der Waals surface area contributed by atoms with Gasteiger partial charge in [0.25, 0.3) is 0 Å². The number of phenolic OH excluding ortho intramolecular Hbond substituents is 2. The van der Waals surface area contributed by atoms with Gasteiger partial charge >= 0.3 is 0 Å². The fourth-order valence-electron chi connectivity index (χ4n) is 1.60. The molecule has 0 saturated carbocycles. The summed E-state index contributed by atoms with van der Waals surface area (Å²) < 4.78 is 0. The highest BCUT2D eigenvalue weighted by Gasteiger charge is 1.98. The van der Waals surface area contributed by atoms with E-state index in [1.807, 2.05) is 30.3 Å². The minimum atomic E-state index is -0.191. The van der Waals surface area contributed by atoms with E-state index in [0.29, 0.717) is 17.2 Å². The summed E-state index contributed by atoms with van der Waals surface area (Å²) in [4.78, 5) is 0. The number of hydrogen-bond acceptors (Lipinski definition) is 4. The van der Waals surface area contributed by atoms with Gasteiger partial charge in [0.15, 0.2) is 16.6 Å². The van der Waals surface area contributed by atoms with Gasteiger partial charge in [0.2, 0.25) is 0 Å². The highest BCUT2D eigenvalue weighted by Crippen LogP contribution is 2.23. The number of nitrogens with zero attached hydrogens (tertiary/aromatic N) is 1. The molecule has 0 unspecified atom stereocenters. The Hall–Kier alpha value is -2.60. The summed E-state index contributed by atoms with van der Waals surface area (Å²) in [6.45, 7) is 0.613. The molecule has 0 aliphatic rings. The van der Waals surface area contributed by atoms with Gasteiger partial charge in [-0.3, -0.25) is 5.43 Å². The molecule has 0 aromatic heterocycles. The summed E-state index contributed by atoms with van der Waals surface area (Å²) in [6.07, 6.45) is 1.50. The van der Waals surface area contributed by atoms with Crippen molar-refractivity contribution in [3.05, 3.63) is 59.7 Å². The van der Waals surface area contributed by atoms with Gasteiger partial charge < -0.3 is 15.5 Å². The maximum Gasteiger partial charge on any atom is 0.187 e. The summed E-state index contributed by atoms with van der Waals surface area (Å²) in [5.41, 5.74) is 4.44. The average molecular weight is 301 g/mol. The van der Waals surface area contributed by atoms with E-state index in [1.54, 1.807) is 6.07 Å². The van der Waals surface area contributed by atoms with Crippen molar-refractivity contribution in [2.45, 2.75) is 6.54 Å². The molecule has 21 heavy (non-hydrogen) atoms. The first-order chi connectivity index (χ1) is 10.1. The number of rotatable bonds is 4. The molecule has 0 amide bonds. The second kappa shape index (κ2) is 7.25. The predicted molar refractivity (Wildman–Crippen MR) is 86.4 cm³/mol. The molecule has 6 heteroatoms. The molecule has 0 bridgehead atoms. The van der Waals surface area contributed by atoms with Gasteiger partial charge in [-0.1, -0.05) is 30.3 Å². The van der Waals surface area contributed by atoms with Gasteiger partial charge in [0, 0.05) is 6.54 Å². The van der Waals surface area contributed by atoms with E-state index in [2.05, 4.69) is 15.8 Å². The molecule has 4 N–H and O–H groups in total. The smallest absolute Gasteiger partial charge is 0.187 e. The molecule has 2 rings (SSSR count). The number of aromatic hydroxyl groups is 2. The van der Waals surface area contributed by atoms with Crippen LogP contribution in [0.3, 0.4) is 0 Å². The van der Waals surface area contributed by atoms with Crippen LogP contribution in [0.2, 0.25) is 0 Å². The Kier molecular flexibility index (Phi) is 5.11. The van der Waals surface area contributed by atoms with Gasteiger partial charge in [-0.15, -0.1) is 0 Å². The second-order valence-electron chi connectivity index (χ2n) is 4.29. The standard InChI is InChI=1S/C15H15N3O2S/c19-13-7-6-12(8-14(13)20)10-17-18-15(21)16-9-11-4-2-1-3-5-11/h1-8,10,19-20H,9H2,(H2,16,18,21)/b17-10-. The largest absolute Gasteiger partial charge is 0.504 e. The molecular weight excluding hydrogens is 286 g/mol. The number of hydrazone groups is 1. The van der Waals surface area contributed by atoms with Crippen molar-refractivity contribution in [3.63, 3.8) is 0 Å². The van der Waals surface area contributed by atoms with E-state index >= 15 is 0 Å². The lowest BCUT2D eigenvalue weighted by Gasteiger charge is -2.06. The van der Waals surface area contributed by atoms with Gasteiger partial charge in [-0.2, -0.15) is 5.10 Å². The van der Waals surface area contributed by atoms with Crippen LogP contribution >= 0.6 is 12.2 Å². The van der Waals surface area contributed by atoms with E-state index < -0.39 is 0 Å². The zero-order chi connectivity index (χ0) is 15.1. The van der Waals surface area contributed by atoms with E-state index in [0.717, 1.165) is 5.56 Å². The highest BCUT2D eigenvalue weighted by atomic mass is 32.1. The number of benzene rings is 2. The Bertz CT molecular complexity index is 645. The summed E-state index contributed by atoms with van der Waals surface area (Å²) in [6, 6.07) is 14.3. The SMILES string of the molecule is Oc1ccc(/C=N\NC(=S)NCc2ccccc2)cc1O. The molecular formula is C15H15N3O2S. The van der Waals surface area contributed by atoms with Crippen LogP contribution in [0.15, 0.2) is 53.6 Å². The lowest BCUT2D eigenvalue weighted by Crippen LogP contribution is -2.31. The highest BCUT2D eigenvalue weighted by molar-refractivity contribution is 7.80. The van der Waals surface area contributed by atoms with Crippen molar-refractivity contribution in [2.75, 3.05) is 0 Å². The lowest BCUT2D eigenvalue weighted by molar-refractivity contribution is 0.403. The van der Waals surface area contributed by atoms with E-state index in [-0.39, 0.29) is 11.5 Å². The topological polar surface area (TPSA) is 76.9 Å². The fraction of sp³-hybridized carbons (Fsp3) is 0.0667. The van der Waals surface area contributed by atoms with Crippen molar-refractivity contribution in [1.82, 2.24) is 10.7 Å². The minimum Gasteiger partial charge on any atom is -0.504 e. The Balaban J connectivity index is 1.80. The van der Waals surface area contributed by atoms with E-state index in [9.17, 15) is 10.2 Å². The van der Waals surface area contributed by atoms with Crippen molar-refractivity contribution in [1.29, 1.82) is 0 Å². The molecule has 0 spiro atoms. The van der Waals surface area contributed by atoms with Gasteiger partial charge in [-0.05, 0) is 41.5 Å². The number of thiocarbonyl (C=S) groups is 1. The van der Waals surface area contributed by atoms with Crippen molar-refractivity contribution >= 4 is 23.5 Å². The molecule has 0 fully saturated rings. The summed E-state index contributed by atoms with van der Waals surface area (Å²) in [7, 11) is 0. The number of phenols is 2. The monoisotopic (exact) mass is 301 g/mol. The molecule has 0 aliphatic carbocycles. The lowest BCUT2D eigenvalue weighted by atomic mass is 10.2. The van der Waals surface area contributed by atoms with Crippen molar-refractivity contribution < 1.29 is 10.2 Å². The maximum absolute atomic E-state index is 9.35. The molecule has 108 valence electrons. The average Bonchev–Trinajstić information content (AvgIpc) is 2.50. The summed E-state index contributed by atoms with van der Waals surface area (Å²) in [5.74, 6) is -0.358. The molecule has 2 aromatic rings. The first-order valence-corrected chi connectivity index (χ1v) is 6.69. The van der Waals surface area contributed by atoms with Crippen LogP contribution in [-0.2, 0) is 6.54 Å². The normalized spacial score (nSPS) is 10.5. The third-order valence-corrected chi connectivity index (χ3v) is 2.91. The molecule has 0 heterocycles. The minimum absolute atomic E-state index is 0.167. The molecule has 2 aromatic carbocycles. The van der Waals surface area contributed by atoms with Crippen LogP contribution in [0, 0.1) is 0 Å². The first-order valence-electron chi connectivity index (χ1n) is 6.28. The van der Waals surface area contributed by atoms with Gasteiger partial charge in [0.1, 0.15) is 0 Å². The van der Waals surface area contributed by atoms with Crippen LogP contribution < -0.4 is 10.7 Å². The Morgan fingerprint density at radius 2 is 1.86 bits per heavy atom. The summed E-state index contributed by atoms with van der Waals surface area (Å²) in [5, 5.41) is 25.9. The van der Waals surface area contributed by atoms with E-state index in [4.69, 9.17) is 12.2 Å². The zero-order valence-electron chi connectivity index (χ0n) is 11.2.